The summed E-state index contributed by atoms with van der Waals surface area (Å²) in [7, 11) is 0. The van der Waals surface area contributed by atoms with Gasteiger partial charge in [0.15, 0.2) is 5.82 Å². The van der Waals surface area contributed by atoms with Crippen molar-refractivity contribution in [1.29, 1.82) is 0 Å². The third-order valence-corrected chi connectivity index (χ3v) is 7.68. The minimum atomic E-state index is -0.106. The molecule has 0 bridgehead atoms. The zero-order chi connectivity index (χ0) is 26.0. The van der Waals surface area contributed by atoms with Gasteiger partial charge in [-0.05, 0) is 30.5 Å². The third kappa shape index (κ3) is 5.86. The number of hydrogen-bond acceptors (Lipinski definition) is 8. The lowest BCUT2D eigenvalue weighted by Crippen LogP contribution is -2.22. The molecule has 5 rings (SSSR count). The Morgan fingerprint density at radius 3 is 2.76 bits per heavy atom. The largest absolute Gasteiger partial charge is 0.379 e. The first-order valence-electron chi connectivity index (χ1n) is 12.3. The van der Waals surface area contributed by atoms with Gasteiger partial charge in [0.25, 0.3) is 5.91 Å². The molecule has 192 valence electrons. The lowest BCUT2D eigenvalue weighted by Gasteiger charge is -2.13. The summed E-state index contributed by atoms with van der Waals surface area (Å²) < 4.78 is 7.40. The molecule has 1 fully saturated rings. The maximum Gasteiger partial charge on any atom is 0.263 e. The Labute approximate surface area is 220 Å². The number of benzene rings is 1. The second-order valence-electron chi connectivity index (χ2n) is 10.2. The van der Waals surface area contributed by atoms with Gasteiger partial charge in [-0.2, -0.15) is 5.10 Å². The van der Waals surface area contributed by atoms with E-state index in [2.05, 4.69) is 57.5 Å². The predicted molar refractivity (Wildman–Crippen MR) is 144 cm³/mol. The first-order valence-corrected chi connectivity index (χ1v) is 13.1. The summed E-state index contributed by atoms with van der Waals surface area (Å²) in [6.07, 6.45) is 6.14. The van der Waals surface area contributed by atoms with Crippen LogP contribution in [0.2, 0.25) is 0 Å². The SMILES string of the molecule is Cc1cc(-c2cc(Nc3ccn([C@@H]4CCOC4)n3)ncn2)ccc1CNC(=O)c1cnc(C(C)(C)C)s1. The zero-order valence-corrected chi connectivity index (χ0v) is 22.3. The standard InChI is InChI=1S/C27H31N7O2S/c1-17-11-18(5-6-19(17)13-28-25(35)22-14-29-26(37-22)27(2,3)4)21-12-24(31-16-30-21)32-23-7-9-34(33-23)20-8-10-36-15-20/h5-7,9,11-12,14,16,20H,8,10,13,15H2,1-4H3,(H,28,35)(H,30,31,32,33)/t20-/m1/s1. The van der Waals surface area contributed by atoms with Crippen LogP contribution in [0.1, 0.15) is 59.0 Å². The van der Waals surface area contributed by atoms with Crippen molar-refractivity contribution >= 4 is 28.9 Å². The Bertz CT molecular complexity index is 1400. The first-order chi connectivity index (χ1) is 17.8. The molecule has 0 saturated carbocycles. The summed E-state index contributed by atoms with van der Waals surface area (Å²) in [4.78, 5) is 26.5. The summed E-state index contributed by atoms with van der Waals surface area (Å²) in [5, 5.41) is 11.9. The van der Waals surface area contributed by atoms with Crippen molar-refractivity contribution in [2.45, 2.75) is 52.1 Å². The van der Waals surface area contributed by atoms with Crippen molar-refractivity contribution in [3.63, 3.8) is 0 Å². The van der Waals surface area contributed by atoms with Gasteiger partial charge in [-0.1, -0.05) is 32.9 Å². The number of ether oxygens (including phenoxy) is 1. The van der Waals surface area contributed by atoms with Gasteiger partial charge in [0.05, 0.1) is 29.5 Å². The molecular weight excluding hydrogens is 486 g/mol. The smallest absolute Gasteiger partial charge is 0.263 e. The molecular formula is C27H31N7O2S. The fourth-order valence-electron chi connectivity index (χ4n) is 4.10. The normalized spacial score (nSPS) is 15.6. The molecule has 1 aromatic carbocycles. The topological polar surface area (TPSA) is 107 Å². The summed E-state index contributed by atoms with van der Waals surface area (Å²) >= 11 is 1.44. The predicted octanol–water partition coefficient (Wildman–Crippen LogP) is 5.04. The van der Waals surface area contributed by atoms with E-state index in [9.17, 15) is 4.79 Å². The van der Waals surface area contributed by atoms with Crippen LogP contribution in [0.3, 0.4) is 0 Å². The van der Waals surface area contributed by atoms with Crippen molar-refractivity contribution in [2.24, 2.45) is 0 Å². The van der Waals surface area contributed by atoms with Crippen molar-refractivity contribution in [2.75, 3.05) is 18.5 Å². The monoisotopic (exact) mass is 517 g/mol. The maximum absolute atomic E-state index is 12.6. The minimum Gasteiger partial charge on any atom is -0.379 e. The van der Waals surface area contributed by atoms with Crippen molar-refractivity contribution in [3.05, 3.63) is 70.1 Å². The number of amides is 1. The Hall–Kier alpha value is -3.63. The molecule has 0 aliphatic carbocycles. The molecule has 9 nitrogen and oxygen atoms in total. The maximum atomic E-state index is 12.6. The van der Waals surface area contributed by atoms with Crippen LogP contribution < -0.4 is 10.6 Å². The molecule has 1 amide bonds. The summed E-state index contributed by atoms with van der Waals surface area (Å²) in [5.74, 6) is 1.30. The highest BCUT2D eigenvalue weighted by atomic mass is 32.1. The van der Waals surface area contributed by atoms with Gasteiger partial charge < -0.3 is 15.4 Å². The van der Waals surface area contributed by atoms with Gasteiger partial charge in [0, 0.05) is 42.5 Å². The average molecular weight is 518 g/mol. The number of carbonyl (C=O) groups excluding carboxylic acids is 1. The fraction of sp³-hybridized carbons (Fsp3) is 0.370. The Morgan fingerprint density at radius 1 is 1.16 bits per heavy atom. The van der Waals surface area contributed by atoms with E-state index < -0.39 is 0 Å². The van der Waals surface area contributed by atoms with Crippen molar-refractivity contribution in [1.82, 2.24) is 30.0 Å². The van der Waals surface area contributed by atoms with Crippen molar-refractivity contribution in [3.8, 4) is 11.3 Å². The minimum absolute atomic E-state index is 0.0709. The Balaban J connectivity index is 1.23. The molecule has 1 saturated heterocycles. The van der Waals surface area contributed by atoms with E-state index in [4.69, 9.17) is 4.74 Å². The zero-order valence-electron chi connectivity index (χ0n) is 21.5. The van der Waals surface area contributed by atoms with E-state index >= 15 is 0 Å². The molecule has 10 heteroatoms. The molecule has 0 spiro atoms. The Morgan fingerprint density at radius 2 is 2.03 bits per heavy atom. The first kappa shape index (κ1) is 25.0. The highest BCUT2D eigenvalue weighted by Gasteiger charge is 2.21. The van der Waals surface area contributed by atoms with Crippen LogP contribution in [0.15, 0.2) is 49.1 Å². The van der Waals surface area contributed by atoms with Crippen molar-refractivity contribution < 1.29 is 9.53 Å². The second kappa shape index (κ2) is 10.4. The quantitative estimate of drug-likeness (QED) is 0.354. The number of rotatable bonds is 7. The second-order valence-corrected chi connectivity index (χ2v) is 11.2. The van der Waals surface area contributed by atoms with E-state index in [0.717, 1.165) is 46.2 Å². The van der Waals surface area contributed by atoms with Crippen LogP contribution in [0, 0.1) is 6.92 Å². The van der Waals surface area contributed by atoms with Crippen LogP contribution in [0.5, 0.6) is 0 Å². The lowest BCUT2D eigenvalue weighted by atomic mass is 9.98. The number of carbonyl (C=O) groups is 1. The van der Waals surface area contributed by atoms with E-state index in [1.807, 2.05) is 42.1 Å². The highest BCUT2D eigenvalue weighted by molar-refractivity contribution is 7.13. The summed E-state index contributed by atoms with van der Waals surface area (Å²) in [6.45, 7) is 10.2. The molecule has 1 atom stereocenters. The lowest BCUT2D eigenvalue weighted by molar-refractivity contribution is 0.0954. The molecule has 0 radical (unpaired) electrons. The average Bonchev–Trinajstić information content (AvgIpc) is 3.64. The van der Waals surface area contributed by atoms with Crippen LogP contribution >= 0.6 is 11.3 Å². The number of nitrogens with zero attached hydrogens (tertiary/aromatic N) is 5. The number of anilines is 2. The van der Waals surface area contributed by atoms with E-state index in [1.165, 1.54) is 11.3 Å². The molecule has 4 heterocycles. The van der Waals surface area contributed by atoms with Gasteiger partial charge >= 0.3 is 0 Å². The van der Waals surface area contributed by atoms with Gasteiger partial charge in [-0.15, -0.1) is 11.3 Å². The number of aryl methyl sites for hydroxylation is 1. The number of aromatic nitrogens is 5. The summed E-state index contributed by atoms with van der Waals surface area (Å²) in [6, 6.07) is 10.2. The molecule has 37 heavy (non-hydrogen) atoms. The van der Waals surface area contributed by atoms with Gasteiger partial charge in [-0.25, -0.2) is 15.0 Å². The van der Waals surface area contributed by atoms with E-state index in [-0.39, 0.29) is 17.4 Å². The van der Waals surface area contributed by atoms with Crippen LogP contribution in [-0.2, 0) is 16.7 Å². The van der Waals surface area contributed by atoms with E-state index in [1.54, 1.807) is 12.5 Å². The van der Waals surface area contributed by atoms with Gasteiger partial charge in [-0.3, -0.25) is 9.48 Å². The number of thiazole rings is 1. The highest BCUT2D eigenvalue weighted by Crippen LogP contribution is 2.27. The molecule has 3 aromatic heterocycles. The van der Waals surface area contributed by atoms with Gasteiger partial charge in [0.1, 0.15) is 17.0 Å². The molecule has 1 aliphatic heterocycles. The van der Waals surface area contributed by atoms with Crippen LogP contribution in [0.4, 0.5) is 11.6 Å². The number of hydrogen-bond donors (Lipinski definition) is 2. The Kier molecular flexibility index (Phi) is 7.03. The third-order valence-electron chi connectivity index (χ3n) is 6.26. The van der Waals surface area contributed by atoms with Crippen LogP contribution in [-0.4, -0.2) is 43.9 Å². The molecule has 4 aromatic rings. The van der Waals surface area contributed by atoms with Crippen LogP contribution in [0.25, 0.3) is 11.3 Å². The molecule has 1 aliphatic rings. The molecule has 0 unspecified atom stereocenters. The van der Waals surface area contributed by atoms with Gasteiger partial charge in [0.2, 0.25) is 0 Å². The number of nitrogens with one attached hydrogen (secondary N) is 2. The summed E-state index contributed by atoms with van der Waals surface area (Å²) in [5.41, 5.74) is 3.83. The fourth-order valence-corrected chi connectivity index (χ4v) is 4.99. The molecule has 2 N–H and O–H groups in total. The van der Waals surface area contributed by atoms with E-state index in [0.29, 0.717) is 23.8 Å².